The first-order valence-corrected chi connectivity index (χ1v) is 6.26. The number of carbonyl (C=O) groups excluding carboxylic acids is 1. The predicted octanol–water partition coefficient (Wildman–Crippen LogP) is 3.27. The molecule has 0 fully saturated rings. The Morgan fingerprint density at radius 2 is 1.82 bits per heavy atom. The van der Waals surface area contributed by atoms with Crippen molar-refractivity contribution in [2.24, 2.45) is 0 Å². The Labute approximate surface area is 123 Å². The summed E-state index contributed by atoms with van der Waals surface area (Å²) >= 11 is 0. The van der Waals surface area contributed by atoms with Gasteiger partial charge in [0, 0.05) is 5.56 Å². The molecule has 0 aromatic heterocycles. The number of halogens is 1. The molecule has 0 unspecified atom stereocenters. The molecular formula is C16H9FO5. The lowest BCUT2D eigenvalue weighted by Gasteiger charge is -2.19. The predicted molar refractivity (Wildman–Crippen MR) is 74.9 cm³/mol. The van der Waals surface area contributed by atoms with Crippen molar-refractivity contribution in [1.29, 1.82) is 0 Å². The zero-order chi connectivity index (χ0) is 15.9. The summed E-state index contributed by atoms with van der Waals surface area (Å²) in [5.41, 5.74) is 0.705. The van der Waals surface area contributed by atoms with E-state index in [9.17, 15) is 19.1 Å². The number of ether oxygens (including phenoxy) is 1. The average molecular weight is 300 g/mol. The highest BCUT2D eigenvalue weighted by molar-refractivity contribution is 6.12. The molecule has 2 aromatic rings. The second-order valence-electron chi connectivity index (χ2n) is 4.64. The Hall–Kier alpha value is -3.15. The Balaban J connectivity index is 1.97. The maximum absolute atomic E-state index is 13.7. The van der Waals surface area contributed by atoms with E-state index in [0.29, 0.717) is 11.1 Å². The molecule has 0 aliphatic heterocycles. The maximum Gasteiger partial charge on any atom is 0.511 e. The molecule has 3 rings (SSSR count). The number of benzene rings is 2. The van der Waals surface area contributed by atoms with Crippen molar-refractivity contribution in [2.45, 2.75) is 0 Å². The molecule has 22 heavy (non-hydrogen) atoms. The fourth-order valence-corrected chi connectivity index (χ4v) is 2.23. The Bertz CT molecular complexity index is 838. The van der Waals surface area contributed by atoms with Crippen LogP contribution in [0, 0.1) is 5.82 Å². The number of aromatic hydroxyl groups is 1. The molecule has 0 saturated carbocycles. The topological polar surface area (TPSA) is 83.8 Å². The van der Waals surface area contributed by atoms with Gasteiger partial charge in [0.1, 0.15) is 17.3 Å². The Morgan fingerprint density at radius 1 is 1.09 bits per heavy atom. The third-order valence-electron chi connectivity index (χ3n) is 3.28. The molecule has 2 N–H and O–H groups in total. The highest BCUT2D eigenvalue weighted by atomic mass is 19.1. The van der Waals surface area contributed by atoms with E-state index < -0.39 is 17.8 Å². The summed E-state index contributed by atoms with van der Waals surface area (Å²) in [6, 6.07) is 8.06. The van der Waals surface area contributed by atoms with Gasteiger partial charge in [0.05, 0.1) is 11.1 Å². The number of fused-ring (bicyclic) bond motifs is 1. The van der Waals surface area contributed by atoms with E-state index in [2.05, 4.69) is 4.74 Å². The lowest BCUT2D eigenvalue weighted by molar-refractivity contribution is 0.103. The van der Waals surface area contributed by atoms with Crippen LogP contribution in [-0.2, 0) is 4.74 Å². The Morgan fingerprint density at radius 3 is 2.50 bits per heavy atom. The van der Waals surface area contributed by atoms with Gasteiger partial charge in [-0.25, -0.2) is 9.18 Å². The SMILES string of the molecule is O=C(O)OC1=Cc2cc(C(=O)c3ccccc3F)c(O)cc21. The van der Waals surface area contributed by atoms with Crippen molar-refractivity contribution in [3.63, 3.8) is 0 Å². The van der Waals surface area contributed by atoms with Gasteiger partial charge < -0.3 is 14.9 Å². The summed E-state index contributed by atoms with van der Waals surface area (Å²) in [6.45, 7) is 0. The second-order valence-corrected chi connectivity index (χ2v) is 4.64. The smallest absolute Gasteiger partial charge is 0.507 e. The van der Waals surface area contributed by atoms with Crippen LogP contribution in [0.5, 0.6) is 5.75 Å². The van der Waals surface area contributed by atoms with Crippen molar-refractivity contribution < 1.29 is 28.9 Å². The molecule has 0 atom stereocenters. The molecule has 1 aliphatic carbocycles. The molecule has 2 aromatic carbocycles. The second kappa shape index (κ2) is 5.00. The molecule has 0 radical (unpaired) electrons. The quantitative estimate of drug-likeness (QED) is 0.671. The summed E-state index contributed by atoms with van der Waals surface area (Å²) in [5, 5.41) is 18.5. The van der Waals surface area contributed by atoms with Crippen LogP contribution in [0.1, 0.15) is 27.0 Å². The first-order chi connectivity index (χ1) is 10.5. The van der Waals surface area contributed by atoms with Crippen molar-refractivity contribution in [2.75, 3.05) is 0 Å². The highest BCUT2D eigenvalue weighted by Gasteiger charge is 2.25. The fourth-order valence-electron chi connectivity index (χ4n) is 2.23. The van der Waals surface area contributed by atoms with Crippen LogP contribution < -0.4 is 0 Å². The van der Waals surface area contributed by atoms with Crippen LogP contribution in [-0.4, -0.2) is 22.2 Å². The molecule has 0 saturated heterocycles. The minimum atomic E-state index is -1.47. The number of rotatable bonds is 3. The van der Waals surface area contributed by atoms with Gasteiger partial charge in [0.15, 0.2) is 5.78 Å². The average Bonchev–Trinajstić information content (AvgIpc) is 2.46. The lowest BCUT2D eigenvalue weighted by atomic mass is 9.90. The molecule has 1 aliphatic rings. The zero-order valence-corrected chi connectivity index (χ0v) is 11.0. The van der Waals surface area contributed by atoms with Crippen LogP contribution in [0.3, 0.4) is 0 Å². The van der Waals surface area contributed by atoms with Gasteiger partial charge in [-0.3, -0.25) is 4.79 Å². The maximum atomic E-state index is 13.7. The normalized spacial score (nSPS) is 12.0. The van der Waals surface area contributed by atoms with Gasteiger partial charge in [-0.05, 0) is 35.9 Å². The van der Waals surface area contributed by atoms with E-state index in [4.69, 9.17) is 5.11 Å². The number of phenolic OH excluding ortho intramolecular Hbond substituents is 1. The van der Waals surface area contributed by atoms with E-state index in [1.807, 2.05) is 0 Å². The third-order valence-corrected chi connectivity index (χ3v) is 3.28. The number of hydrogen-bond acceptors (Lipinski definition) is 4. The summed E-state index contributed by atoms with van der Waals surface area (Å²) in [7, 11) is 0. The van der Waals surface area contributed by atoms with Crippen molar-refractivity contribution >= 4 is 23.8 Å². The van der Waals surface area contributed by atoms with Crippen LogP contribution in [0.4, 0.5) is 9.18 Å². The van der Waals surface area contributed by atoms with E-state index in [1.54, 1.807) is 0 Å². The molecule has 5 nitrogen and oxygen atoms in total. The molecule has 0 amide bonds. The minimum absolute atomic E-state index is 0.0607. The van der Waals surface area contributed by atoms with Crippen molar-refractivity contribution in [3.8, 4) is 5.75 Å². The monoisotopic (exact) mass is 300 g/mol. The number of ketones is 1. The van der Waals surface area contributed by atoms with Gasteiger partial charge in [0.25, 0.3) is 0 Å². The van der Waals surface area contributed by atoms with Gasteiger partial charge >= 0.3 is 6.16 Å². The van der Waals surface area contributed by atoms with E-state index >= 15 is 0 Å². The number of hydrogen-bond donors (Lipinski definition) is 2. The number of phenols is 1. The van der Waals surface area contributed by atoms with Crippen LogP contribution in [0.25, 0.3) is 11.8 Å². The molecular weight excluding hydrogens is 291 g/mol. The van der Waals surface area contributed by atoms with E-state index in [-0.39, 0.29) is 22.6 Å². The van der Waals surface area contributed by atoms with Gasteiger partial charge in [-0.2, -0.15) is 0 Å². The Kier molecular flexibility index (Phi) is 3.14. The standard InChI is InChI=1S/C16H9FO5/c17-12-4-2-1-3-9(12)15(19)11-5-8-6-14(22-16(20)21)10(8)7-13(11)18/h1-7,18H,(H,20,21). The molecule has 0 bridgehead atoms. The first-order valence-electron chi connectivity index (χ1n) is 6.26. The minimum Gasteiger partial charge on any atom is -0.507 e. The zero-order valence-electron chi connectivity index (χ0n) is 11.0. The number of carboxylic acid groups (broad SMARTS) is 1. The fraction of sp³-hybridized carbons (Fsp3) is 0. The van der Waals surface area contributed by atoms with Gasteiger partial charge in [0.2, 0.25) is 0 Å². The van der Waals surface area contributed by atoms with Crippen molar-refractivity contribution in [1.82, 2.24) is 0 Å². The molecule has 110 valence electrons. The highest BCUT2D eigenvalue weighted by Crippen LogP contribution is 2.38. The number of carbonyl (C=O) groups is 2. The van der Waals surface area contributed by atoms with E-state index in [1.165, 1.54) is 36.4 Å². The molecule has 0 spiro atoms. The van der Waals surface area contributed by atoms with Crippen LogP contribution in [0.2, 0.25) is 0 Å². The van der Waals surface area contributed by atoms with Gasteiger partial charge in [-0.1, -0.05) is 12.1 Å². The molecule has 6 heteroatoms. The first kappa shape index (κ1) is 13.8. The summed E-state index contributed by atoms with van der Waals surface area (Å²) in [6.07, 6.45) is -0.0519. The lowest BCUT2D eigenvalue weighted by Crippen LogP contribution is -2.10. The van der Waals surface area contributed by atoms with Gasteiger partial charge in [-0.15, -0.1) is 0 Å². The summed E-state index contributed by atoms with van der Waals surface area (Å²) < 4.78 is 18.2. The van der Waals surface area contributed by atoms with Crippen LogP contribution >= 0.6 is 0 Å². The van der Waals surface area contributed by atoms with Crippen molar-refractivity contribution in [3.05, 3.63) is 64.5 Å². The third kappa shape index (κ3) is 2.20. The largest absolute Gasteiger partial charge is 0.511 e. The summed E-state index contributed by atoms with van der Waals surface area (Å²) in [4.78, 5) is 22.8. The summed E-state index contributed by atoms with van der Waals surface area (Å²) in [5.74, 6) is -1.62. The van der Waals surface area contributed by atoms with Crippen LogP contribution in [0.15, 0.2) is 36.4 Å². The van der Waals surface area contributed by atoms with E-state index in [0.717, 1.165) is 6.07 Å². The molecule has 0 heterocycles.